The number of phenolic OH excluding ortho intramolecular Hbond substituents is 1. The lowest BCUT2D eigenvalue weighted by atomic mass is 10.0. The monoisotopic (exact) mass is 457 g/mol. The molecule has 152 valence electrons. The number of pyridine rings is 1. The average Bonchev–Trinajstić information content (AvgIpc) is 2.63. The van der Waals surface area contributed by atoms with Gasteiger partial charge in [0.15, 0.2) is 0 Å². The molecule has 3 rings (SSSR count). The van der Waals surface area contributed by atoms with Crippen LogP contribution in [0.2, 0.25) is 0 Å². The molecule has 4 nitrogen and oxygen atoms in total. The Labute approximate surface area is 171 Å². The third-order valence-electron chi connectivity index (χ3n) is 5.01. The average molecular weight is 458 g/mol. The molecule has 0 spiro atoms. The number of rotatable bonds is 3. The van der Waals surface area contributed by atoms with E-state index in [1.54, 1.807) is 6.07 Å². The van der Waals surface area contributed by atoms with E-state index in [-0.39, 0.29) is 27.0 Å². The second-order valence-electron chi connectivity index (χ2n) is 7.86. The zero-order chi connectivity index (χ0) is 20.6. The van der Waals surface area contributed by atoms with E-state index in [0.717, 1.165) is 19.2 Å². The van der Waals surface area contributed by atoms with Gasteiger partial charge >= 0.3 is 0 Å². The number of benzene rings is 1. The third-order valence-corrected chi connectivity index (χ3v) is 5.62. The van der Waals surface area contributed by atoms with Gasteiger partial charge in [-0.05, 0) is 54.9 Å². The lowest BCUT2D eigenvalue weighted by molar-refractivity contribution is 0.126. The highest BCUT2D eigenvalue weighted by Crippen LogP contribution is 2.39. The molecule has 0 radical (unpaired) electrons. The maximum Gasteiger partial charge on any atom is 0.282 e. The van der Waals surface area contributed by atoms with Gasteiger partial charge in [-0.2, -0.15) is 0 Å². The van der Waals surface area contributed by atoms with E-state index in [2.05, 4.69) is 46.6 Å². The number of hydrogen-bond acceptors (Lipinski definition) is 4. The second kappa shape index (κ2) is 7.91. The van der Waals surface area contributed by atoms with Crippen LogP contribution >= 0.6 is 15.9 Å². The first kappa shape index (κ1) is 20.9. The number of anilines is 1. The molecule has 28 heavy (non-hydrogen) atoms. The first-order valence-corrected chi connectivity index (χ1v) is 9.83. The van der Waals surface area contributed by atoms with Crippen LogP contribution in [0.15, 0.2) is 28.9 Å². The summed E-state index contributed by atoms with van der Waals surface area (Å²) in [6.07, 6.45) is -1.48. The van der Waals surface area contributed by atoms with Gasteiger partial charge in [0.2, 0.25) is 0 Å². The Kier molecular flexibility index (Phi) is 5.91. The minimum atomic E-state index is -2.72. The fraction of sp³-hybridized carbons (Fsp3) is 0.450. The lowest BCUT2D eigenvalue weighted by Gasteiger charge is -2.43. The fourth-order valence-electron chi connectivity index (χ4n) is 3.44. The van der Waals surface area contributed by atoms with Gasteiger partial charge in [0.25, 0.3) is 6.43 Å². The van der Waals surface area contributed by atoms with E-state index in [9.17, 15) is 18.3 Å². The molecule has 0 aliphatic carbocycles. The summed E-state index contributed by atoms with van der Waals surface area (Å²) in [5.74, 6) is -0.700. The van der Waals surface area contributed by atoms with E-state index in [0.29, 0.717) is 24.3 Å². The highest BCUT2D eigenvalue weighted by molar-refractivity contribution is 9.10. The highest BCUT2D eigenvalue weighted by Gasteiger charge is 2.29. The Morgan fingerprint density at radius 1 is 1.11 bits per heavy atom. The number of nitrogens with zero attached hydrogens (tertiary/aromatic N) is 3. The number of hydrogen-bond donors (Lipinski definition) is 1. The molecule has 1 aromatic carbocycles. The molecule has 2 heterocycles. The molecule has 0 amide bonds. The first-order valence-electron chi connectivity index (χ1n) is 9.04. The number of halogens is 4. The molecule has 1 N–H and O–H groups in total. The van der Waals surface area contributed by atoms with Crippen LogP contribution in [-0.2, 0) is 0 Å². The molecule has 0 atom stereocenters. The molecule has 1 aromatic heterocycles. The summed E-state index contributed by atoms with van der Waals surface area (Å²) < 4.78 is 41.2. The summed E-state index contributed by atoms with van der Waals surface area (Å²) in [5.41, 5.74) is 0.617. The van der Waals surface area contributed by atoms with Crippen molar-refractivity contribution in [3.63, 3.8) is 0 Å². The zero-order valence-corrected chi connectivity index (χ0v) is 17.6. The summed E-state index contributed by atoms with van der Waals surface area (Å²) >= 11 is 3.11. The van der Waals surface area contributed by atoms with Crippen molar-refractivity contribution >= 4 is 21.6 Å². The molecule has 1 aliphatic heterocycles. The zero-order valence-electron chi connectivity index (χ0n) is 16.0. The van der Waals surface area contributed by atoms with Crippen LogP contribution in [0.25, 0.3) is 11.1 Å². The summed E-state index contributed by atoms with van der Waals surface area (Å²) in [7, 11) is 0. The first-order chi connectivity index (χ1) is 13.1. The van der Waals surface area contributed by atoms with Crippen LogP contribution < -0.4 is 4.90 Å². The quantitative estimate of drug-likeness (QED) is 0.686. The Morgan fingerprint density at radius 2 is 1.75 bits per heavy atom. The van der Waals surface area contributed by atoms with Crippen molar-refractivity contribution in [2.75, 3.05) is 31.1 Å². The predicted molar refractivity (Wildman–Crippen MR) is 107 cm³/mol. The number of aromatic nitrogens is 1. The standard InChI is InChI=1S/C20H23BrF3N3O/c1-20(2,3)27-6-4-26(5-7-27)16-8-12(11-25-17(16)19(23)24)14-9-13(22)10-15(21)18(14)28/h8-11,19,28H,4-7H2,1-3H3. The third kappa shape index (κ3) is 4.27. The maximum atomic E-state index is 13.8. The topological polar surface area (TPSA) is 39.6 Å². The van der Waals surface area contributed by atoms with E-state index in [4.69, 9.17) is 0 Å². The van der Waals surface area contributed by atoms with Gasteiger partial charge in [-0.25, -0.2) is 13.2 Å². The minimum absolute atomic E-state index is 0.0113. The van der Waals surface area contributed by atoms with Gasteiger partial charge in [-0.1, -0.05) is 0 Å². The van der Waals surface area contributed by atoms with Crippen molar-refractivity contribution in [3.8, 4) is 16.9 Å². The summed E-state index contributed by atoms with van der Waals surface area (Å²) in [5, 5.41) is 10.3. The lowest BCUT2D eigenvalue weighted by Crippen LogP contribution is -2.53. The molecular formula is C20H23BrF3N3O. The molecule has 2 aromatic rings. The smallest absolute Gasteiger partial charge is 0.282 e. The van der Waals surface area contributed by atoms with E-state index in [1.165, 1.54) is 12.3 Å². The molecule has 0 unspecified atom stereocenters. The molecular weight excluding hydrogens is 435 g/mol. The minimum Gasteiger partial charge on any atom is -0.506 e. The SMILES string of the molecule is CC(C)(C)N1CCN(c2cc(-c3cc(F)cc(Br)c3O)cnc2C(F)F)CC1. The Morgan fingerprint density at radius 3 is 2.32 bits per heavy atom. The van der Waals surface area contributed by atoms with Gasteiger partial charge in [0.05, 0.1) is 10.2 Å². The largest absolute Gasteiger partial charge is 0.506 e. The Bertz CT molecular complexity index is 863. The number of piperazine rings is 1. The van der Waals surface area contributed by atoms with Crippen LogP contribution in [0.1, 0.15) is 32.9 Å². The van der Waals surface area contributed by atoms with Gasteiger partial charge < -0.3 is 10.0 Å². The molecule has 0 bridgehead atoms. The van der Waals surface area contributed by atoms with Crippen molar-refractivity contribution in [2.45, 2.75) is 32.7 Å². The number of aromatic hydroxyl groups is 1. The van der Waals surface area contributed by atoms with Crippen molar-refractivity contribution in [3.05, 3.63) is 40.4 Å². The van der Waals surface area contributed by atoms with Crippen LogP contribution in [-0.4, -0.2) is 46.7 Å². The highest BCUT2D eigenvalue weighted by atomic mass is 79.9. The maximum absolute atomic E-state index is 13.8. The van der Waals surface area contributed by atoms with Crippen LogP contribution in [0.3, 0.4) is 0 Å². The molecule has 1 aliphatic rings. The normalized spacial score (nSPS) is 16.1. The van der Waals surface area contributed by atoms with Gasteiger partial charge in [-0.15, -0.1) is 0 Å². The molecule has 8 heteroatoms. The predicted octanol–water partition coefficient (Wildman–Crippen LogP) is 5.21. The van der Waals surface area contributed by atoms with E-state index < -0.39 is 12.2 Å². The van der Waals surface area contributed by atoms with Gasteiger partial charge in [0.1, 0.15) is 17.3 Å². The molecule has 1 fully saturated rings. The molecule has 0 saturated carbocycles. The summed E-state index contributed by atoms with van der Waals surface area (Å²) in [6.45, 7) is 9.03. The van der Waals surface area contributed by atoms with Crippen molar-refractivity contribution < 1.29 is 18.3 Å². The van der Waals surface area contributed by atoms with Crippen LogP contribution in [0.5, 0.6) is 5.75 Å². The van der Waals surface area contributed by atoms with Gasteiger partial charge in [-0.3, -0.25) is 9.88 Å². The Balaban J connectivity index is 1.98. The van der Waals surface area contributed by atoms with Crippen molar-refractivity contribution in [1.29, 1.82) is 0 Å². The number of phenols is 1. The van der Waals surface area contributed by atoms with Crippen molar-refractivity contribution in [1.82, 2.24) is 9.88 Å². The van der Waals surface area contributed by atoms with E-state index >= 15 is 0 Å². The van der Waals surface area contributed by atoms with E-state index in [1.807, 2.05) is 4.90 Å². The summed E-state index contributed by atoms with van der Waals surface area (Å²) in [4.78, 5) is 8.13. The molecule has 1 saturated heterocycles. The van der Waals surface area contributed by atoms with Crippen LogP contribution in [0, 0.1) is 5.82 Å². The fourth-order valence-corrected chi connectivity index (χ4v) is 3.87. The van der Waals surface area contributed by atoms with Crippen LogP contribution in [0.4, 0.5) is 18.9 Å². The Hall–Kier alpha value is -1.80. The summed E-state index contributed by atoms with van der Waals surface area (Å²) in [6, 6.07) is 3.87. The van der Waals surface area contributed by atoms with Crippen molar-refractivity contribution in [2.24, 2.45) is 0 Å². The van der Waals surface area contributed by atoms with Gasteiger partial charge in [0, 0.05) is 49.0 Å². The number of alkyl halides is 2. The second-order valence-corrected chi connectivity index (χ2v) is 8.71.